The number of benzene rings is 1. The number of carboxylic acid groups (broad SMARTS) is 1. The predicted octanol–water partition coefficient (Wildman–Crippen LogP) is -0.392. The Morgan fingerprint density at radius 1 is 0.971 bits per heavy atom. The van der Waals surface area contributed by atoms with Crippen molar-refractivity contribution in [1.82, 2.24) is 16.0 Å². The summed E-state index contributed by atoms with van der Waals surface area (Å²) in [6.07, 6.45) is 2.18. The van der Waals surface area contributed by atoms with E-state index < -0.39 is 48.4 Å². The molecule has 0 aliphatic carbocycles. The Bertz CT molecular complexity index is 817. The van der Waals surface area contributed by atoms with Crippen LogP contribution in [0.4, 0.5) is 0 Å². The van der Waals surface area contributed by atoms with Gasteiger partial charge in [-0.05, 0) is 49.4 Å². The summed E-state index contributed by atoms with van der Waals surface area (Å²) in [5.74, 6) is -3.01. The van der Waals surface area contributed by atoms with Crippen LogP contribution in [0, 0.1) is 5.92 Å². The zero-order valence-electron chi connectivity index (χ0n) is 19.8. The second-order valence-corrected chi connectivity index (χ2v) is 8.30. The van der Waals surface area contributed by atoms with Crippen LogP contribution in [0.5, 0.6) is 5.75 Å². The Kier molecular flexibility index (Phi) is 12.6. The number of phenols is 1. The quantitative estimate of drug-likeness (QED) is 0.165. The van der Waals surface area contributed by atoms with Crippen LogP contribution in [0.3, 0.4) is 0 Å². The second-order valence-electron chi connectivity index (χ2n) is 8.30. The first-order valence-electron chi connectivity index (χ1n) is 11.4. The van der Waals surface area contributed by atoms with Crippen molar-refractivity contribution in [1.29, 1.82) is 0 Å². The maximum Gasteiger partial charge on any atom is 0.322 e. The third-order valence-electron chi connectivity index (χ3n) is 5.56. The largest absolute Gasteiger partial charge is 0.508 e. The van der Waals surface area contributed by atoms with Crippen LogP contribution in [0.15, 0.2) is 24.3 Å². The number of nitrogens with two attached hydrogens (primary N) is 2. The number of hydrogen-bond donors (Lipinski definition) is 7. The van der Waals surface area contributed by atoms with Gasteiger partial charge in [-0.2, -0.15) is 0 Å². The molecule has 0 radical (unpaired) electrons. The van der Waals surface area contributed by atoms with E-state index in [2.05, 4.69) is 16.0 Å². The lowest BCUT2D eigenvalue weighted by atomic mass is 9.98. The molecule has 1 aromatic rings. The maximum absolute atomic E-state index is 13.2. The van der Waals surface area contributed by atoms with E-state index in [4.69, 9.17) is 16.6 Å². The lowest BCUT2D eigenvalue weighted by Gasteiger charge is -2.25. The van der Waals surface area contributed by atoms with E-state index in [-0.39, 0.29) is 24.5 Å². The molecule has 0 heterocycles. The van der Waals surface area contributed by atoms with Crippen LogP contribution in [0.25, 0.3) is 0 Å². The molecule has 4 unspecified atom stereocenters. The molecule has 11 nitrogen and oxygen atoms in total. The Morgan fingerprint density at radius 3 is 2.15 bits per heavy atom. The van der Waals surface area contributed by atoms with Crippen molar-refractivity contribution in [2.45, 2.75) is 64.1 Å². The molecule has 0 bridgehead atoms. The summed E-state index contributed by atoms with van der Waals surface area (Å²) in [6.45, 7) is 3.56. The van der Waals surface area contributed by atoms with Crippen molar-refractivity contribution in [3.05, 3.63) is 29.8 Å². The fraction of sp³-hybridized carbons (Fsp3) is 0.565. The van der Waals surface area contributed by atoms with Gasteiger partial charge in [0.25, 0.3) is 0 Å². The predicted molar refractivity (Wildman–Crippen MR) is 127 cm³/mol. The van der Waals surface area contributed by atoms with Crippen molar-refractivity contribution < 1.29 is 29.4 Å². The van der Waals surface area contributed by atoms with Crippen molar-refractivity contribution in [2.24, 2.45) is 17.4 Å². The zero-order valence-corrected chi connectivity index (χ0v) is 19.8. The summed E-state index contributed by atoms with van der Waals surface area (Å²) in [5, 5.41) is 25.9. The first-order valence-corrected chi connectivity index (χ1v) is 11.4. The van der Waals surface area contributed by atoms with Crippen LogP contribution in [0.2, 0.25) is 0 Å². The van der Waals surface area contributed by atoms with E-state index >= 15 is 0 Å². The normalized spacial score (nSPS) is 14.4. The summed E-state index contributed by atoms with van der Waals surface area (Å²) >= 11 is 0. The van der Waals surface area contributed by atoms with Gasteiger partial charge in [0, 0.05) is 6.42 Å². The number of aromatic hydroxyl groups is 1. The molecular formula is C23H37N5O6. The molecule has 34 heavy (non-hydrogen) atoms. The topological polar surface area (TPSA) is 197 Å². The van der Waals surface area contributed by atoms with Crippen molar-refractivity contribution in [2.75, 3.05) is 13.1 Å². The molecule has 0 spiro atoms. The third kappa shape index (κ3) is 10.2. The fourth-order valence-corrected chi connectivity index (χ4v) is 3.18. The van der Waals surface area contributed by atoms with Gasteiger partial charge in [-0.25, -0.2) is 0 Å². The monoisotopic (exact) mass is 479 g/mol. The standard InChI is InChI=1S/C23H37N5O6/c1-3-14(2)20(25)23(34)28-18(12-15-7-9-16(29)10-8-15)22(33)27-17(6-4-5-11-24)21(32)26-13-19(30)31/h7-10,14,17-18,20,29H,3-6,11-13,24-25H2,1-2H3,(H,26,32)(H,27,33)(H,28,34)(H,30,31). The van der Waals surface area contributed by atoms with Gasteiger partial charge in [0.2, 0.25) is 17.7 Å². The van der Waals surface area contributed by atoms with E-state index in [0.29, 0.717) is 31.4 Å². The average Bonchev–Trinajstić information content (AvgIpc) is 2.81. The Morgan fingerprint density at radius 2 is 1.59 bits per heavy atom. The van der Waals surface area contributed by atoms with Crippen LogP contribution >= 0.6 is 0 Å². The van der Waals surface area contributed by atoms with Crippen molar-refractivity contribution in [3.8, 4) is 5.75 Å². The molecule has 0 aliphatic heterocycles. The number of carbonyl (C=O) groups is 4. The summed E-state index contributed by atoms with van der Waals surface area (Å²) in [5.41, 5.74) is 12.2. The van der Waals surface area contributed by atoms with Crippen LogP contribution in [0.1, 0.15) is 45.1 Å². The number of amides is 3. The van der Waals surface area contributed by atoms with Crippen LogP contribution in [-0.2, 0) is 25.6 Å². The molecule has 11 heteroatoms. The Labute approximate surface area is 199 Å². The number of aliphatic carboxylic acids is 1. The third-order valence-corrected chi connectivity index (χ3v) is 5.56. The molecular weight excluding hydrogens is 442 g/mol. The Hall–Kier alpha value is -3.18. The highest BCUT2D eigenvalue weighted by Crippen LogP contribution is 2.13. The highest BCUT2D eigenvalue weighted by Gasteiger charge is 2.29. The van der Waals surface area contributed by atoms with Gasteiger partial charge >= 0.3 is 5.97 Å². The molecule has 0 aliphatic rings. The molecule has 3 amide bonds. The number of carbonyl (C=O) groups excluding carboxylic acids is 3. The number of rotatable bonds is 15. The van der Waals surface area contributed by atoms with Gasteiger partial charge in [-0.15, -0.1) is 0 Å². The summed E-state index contributed by atoms with van der Waals surface area (Å²) in [7, 11) is 0. The number of hydrogen-bond acceptors (Lipinski definition) is 7. The molecule has 1 aromatic carbocycles. The average molecular weight is 480 g/mol. The number of carboxylic acids is 1. The first kappa shape index (κ1) is 28.9. The van der Waals surface area contributed by atoms with Gasteiger partial charge in [-0.3, -0.25) is 19.2 Å². The van der Waals surface area contributed by atoms with Crippen molar-refractivity contribution in [3.63, 3.8) is 0 Å². The minimum absolute atomic E-state index is 0.0580. The molecule has 0 fully saturated rings. The zero-order chi connectivity index (χ0) is 25.7. The highest BCUT2D eigenvalue weighted by molar-refractivity contribution is 5.93. The van der Waals surface area contributed by atoms with Gasteiger partial charge in [-0.1, -0.05) is 32.4 Å². The smallest absolute Gasteiger partial charge is 0.322 e. The molecule has 190 valence electrons. The molecule has 9 N–H and O–H groups in total. The molecule has 0 aromatic heterocycles. The van der Waals surface area contributed by atoms with E-state index in [1.165, 1.54) is 12.1 Å². The van der Waals surface area contributed by atoms with Crippen LogP contribution in [-0.4, -0.2) is 65.1 Å². The number of phenolic OH excluding ortho intramolecular Hbond substituents is 1. The molecule has 0 saturated carbocycles. The molecule has 0 saturated heterocycles. The molecule has 4 atom stereocenters. The lowest BCUT2D eigenvalue weighted by molar-refractivity contribution is -0.138. The Balaban J connectivity index is 3.05. The highest BCUT2D eigenvalue weighted by atomic mass is 16.4. The van der Waals surface area contributed by atoms with Crippen molar-refractivity contribution >= 4 is 23.7 Å². The summed E-state index contributed by atoms with van der Waals surface area (Å²) in [4.78, 5) is 49.2. The second kappa shape index (κ2) is 14.9. The van der Waals surface area contributed by atoms with E-state index in [1.54, 1.807) is 12.1 Å². The minimum atomic E-state index is -1.21. The van der Waals surface area contributed by atoms with Gasteiger partial charge in [0.05, 0.1) is 6.04 Å². The SMILES string of the molecule is CCC(C)C(N)C(=O)NC(Cc1ccc(O)cc1)C(=O)NC(CCCCN)C(=O)NCC(=O)O. The van der Waals surface area contributed by atoms with E-state index in [0.717, 1.165) is 0 Å². The number of unbranched alkanes of at least 4 members (excludes halogenated alkanes) is 1. The summed E-state index contributed by atoms with van der Waals surface area (Å²) < 4.78 is 0. The van der Waals surface area contributed by atoms with Gasteiger partial charge in [0.15, 0.2) is 0 Å². The fourth-order valence-electron chi connectivity index (χ4n) is 3.18. The minimum Gasteiger partial charge on any atom is -0.508 e. The maximum atomic E-state index is 13.2. The van der Waals surface area contributed by atoms with Crippen LogP contribution < -0.4 is 27.4 Å². The lowest BCUT2D eigenvalue weighted by Crippen LogP contribution is -2.57. The summed E-state index contributed by atoms with van der Waals surface area (Å²) in [6, 6.07) is 3.30. The van der Waals surface area contributed by atoms with Gasteiger partial charge in [0.1, 0.15) is 24.4 Å². The molecule has 1 rings (SSSR count). The van der Waals surface area contributed by atoms with Gasteiger partial charge < -0.3 is 37.6 Å². The number of nitrogens with one attached hydrogen (secondary N) is 3. The first-order chi connectivity index (χ1) is 16.1. The van der Waals surface area contributed by atoms with E-state index in [9.17, 15) is 24.3 Å². The van der Waals surface area contributed by atoms with E-state index in [1.807, 2.05) is 13.8 Å².